The summed E-state index contributed by atoms with van der Waals surface area (Å²) in [5.41, 5.74) is 3.59. The standard InChI is InChI=1S/C9H10N2O2/c12-8-3-1-7(2-4-8)11-6-5-9(13)10-11/h1-4,12H,5-6H2,(H,10,13). The van der Waals surface area contributed by atoms with Crippen LogP contribution in [0.5, 0.6) is 5.75 Å². The Kier molecular flexibility index (Phi) is 1.81. The average molecular weight is 178 g/mol. The summed E-state index contributed by atoms with van der Waals surface area (Å²) in [7, 11) is 0. The lowest BCUT2D eigenvalue weighted by Gasteiger charge is -2.16. The van der Waals surface area contributed by atoms with Gasteiger partial charge >= 0.3 is 0 Å². The Hall–Kier alpha value is -1.71. The van der Waals surface area contributed by atoms with E-state index in [1.54, 1.807) is 29.3 Å². The van der Waals surface area contributed by atoms with E-state index in [0.29, 0.717) is 13.0 Å². The first-order valence-corrected chi connectivity index (χ1v) is 4.12. The summed E-state index contributed by atoms with van der Waals surface area (Å²) in [6, 6.07) is 6.72. The molecule has 1 fully saturated rings. The minimum Gasteiger partial charge on any atom is -0.508 e. The van der Waals surface area contributed by atoms with Gasteiger partial charge in [-0.25, -0.2) is 0 Å². The molecule has 1 saturated heterocycles. The Morgan fingerprint density at radius 1 is 1.31 bits per heavy atom. The van der Waals surface area contributed by atoms with Crippen molar-refractivity contribution in [2.75, 3.05) is 11.6 Å². The van der Waals surface area contributed by atoms with Crippen molar-refractivity contribution in [3.05, 3.63) is 24.3 Å². The van der Waals surface area contributed by atoms with Gasteiger partial charge in [-0.15, -0.1) is 0 Å². The Morgan fingerprint density at radius 3 is 2.54 bits per heavy atom. The van der Waals surface area contributed by atoms with Gasteiger partial charge in [-0.2, -0.15) is 0 Å². The van der Waals surface area contributed by atoms with Gasteiger partial charge in [0.15, 0.2) is 0 Å². The normalized spacial score (nSPS) is 16.0. The molecule has 0 spiro atoms. The minimum atomic E-state index is 0.0353. The number of hydrogen-bond donors (Lipinski definition) is 2. The number of aromatic hydroxyl groups is 1. The van der Waals surface area contributed by atoms with Crippen molar-refractivity contribution in [2.24, 2.45) is 0 Å². The molecule has 4 heteroatoms. The van der Waals surface area contributed by atoms with Gasteiger partial charge in [-0.05, 0) is 24.3 Å². The monoisotopic (exact) mass is 178 g/mol. The van der Waals surface area contributed by atoms with Crippen LogP contribution in [0.15, 0.2) is 24.3 Å². The van der Waals surface area contributed by atoms with Crippen LogP contribution >= 0.6 is 0 Å². The number of hydrogen-bond acceptors (Lipinski definition) is 3. The average Bonchev–Trinajstić information content (AvgIpc) is 2.53. The molecule has 1 aliphatic rings. The van der Waals surface area contributed by atoms with Gasteiger partial charge in [-0.1, -0.05) is 0 Å². The highest BCUT2D eigenvalue weighted by atomic mass is 16.3. The topological polar surface area (TPSA) is 52.6 Å². The quantitative estimate of drug-likeness (QED) is 0.663. The number of anilines is 1. The summed E-state index contributed by atoms with van der Waals surface area (Å²) in [4.78, 5) is 10.9. The molecule has 13 heavy (non-hydrogen) atoms. The molecule has 0 saturated carbocycles. The predicted molar refractivity (Wildman–Crippen MR) is 48.2 cm³/mol. The molecular formula is C9H10N2O2. The van der Waals surface area contributed by atoms with E-state index in [9.17, 15) is 4.79 Å². The number of rotatable bonds is 1. The third-order valence-electron chi connectivity index (χ3n) is 1.98. The molecule has 0 bridgehead atoms. The molecule has 0 aromatic heterocycles. The first-order chi connectivity index (χ1) is 6.25. The van der Waals surface area contributed by atoms with Crippen LogP contribution in [0.25, 0.3) is 0 Å². The first kappa shape index (κ1) is 7.91. The van der Waals surface area contributed by atoms with Gasteiger partial charge in [-0.3, -0.25) is 15.2 Å². The van der Waals surface area contributed by atoms with Gasteiger partial charge in [0.05, 0.1) is 5.69 Å². The molecule has 68 valence electrons. The lowest BCUT2D eigenvalue weighted by molar-refractivity contribution is -0.119. The molecule has 2 N–H and O–H groups in total. The lowest BCUT2D eigenvalue weighted by Crippen LogP contribution is -2.32. The minimum absolute atomic E-state index is 0.0353. The van der Waals surface area contributed by atoms with E-state index in [1.165, 1.54) is 0 Å². The van der Waals surface area contributed by atoms with E-state index in [4.69, 9.17) is 5.11 Å². The van der Waals surface area contributed by atoms with Crippen LogP contribution in [0.1, 0.15) is 6.42 Å². The molecule has 1 aliphatic heterocycles. The number of benzene rings is 1. The van der Waals surface area contributed by atoms with Gasteiger partial charge in [0.1, 0.15) is 5.75 Å². The molecule has 4 nitrogen and oxygen atoms in total. The van der Waals surface area contributed by atoms with Crippen LogP contribution in [0.3, 0.4) is 0 Å². The third-order valence-corrected chi connectivity index (χ3v) is 1.98. The number of nitrogens with zero attached hydrogens (tertiary/aromatic N) is 1. The SMILES string of the molecule is O=C1CCN(c2ccc(O)cc2)N1. The maximum atomic E-state index is 10.9. The van der Waals surface area contributed by atoms with Crippen molar-refractivity contribution in [3.63, 3.8) is 0 Å². The zero-order valence-corrected chi connectivity index (χ0v) is 7.03. The molecule has 0 atom stereocenters. The largest absolute Gasteiger partial charge is 0.508 e. The molecule has 1 aromatic rings. The second-order valence-corrected chi connectivity index (χ2v) is 2.95. The van der Waals surface area contributed by atoms with Gasteiger partial charge in [0.25, 0.3) is 0 Å². The fourth-order valence-electron chi connectivity index (χ4n) is 1.30. The number of amides is 1. The second kappa shape index (κ2) is 2.97. The van der Waals surface area contributed by atoms with Crippen molar-refractivity contribution in [1.29, 1.82) is 0 Å². The summed E-state index contributed by atoms with van der Waals surface area (Å²) in [6.45, 7) is 0.684. The molecule has 0 radical (unpaired) electrons. The predicted octanol–water partition coefficient (Wildman–Crippen LogP) is 0.634. The van der Waals surface area contributed by atoms with Crippen molar-refractivity contribution < 1.29 is 9.90 Å². The van der Waals surface area contributed by atoms with Crippen LogP contribution in [0.4, 0.5) is 5.69 Å². The van der Waals surface area contributed by atoms with Gasteiger partial charge < -0.3 is 5.11 Å². The van der Waals surface area contributed by atoms with E-state index in [2.05, 4.69) is 5.43 Å². The number of phenols is 1. The lowest BCUT2D eigenvalue weighted by atomic mass is 10.3. The second-order valence-electron chi connectivity index (χ2n) is 2.95. The summed E-state index contributed by atoms with van der Waals surface area (Å²) in [5, 5.41) is 10.8. The fourth-order valence-corrected chi connectivity index (χ4v) is 1.30. The highest BCUT2D eigenvalue weighted by Crippen LogP contribution is 2.18. The first-order valence-electron chi connectivity index (χ1n) is 4.12. The highest BCUT2D eigenvalue weighted by molar-refractivity contribution is 5.81. The molecule has 1 amide bonds. The summed E-state index contributed by atoms with van der Waals surface area (Å²) < 4.78 is 0. The zero-order chi connectivity index (χ0) is 9.26. The molecular weight excluding hydrogens is 168 g/mol. The molecule has 0 unspecified atom stereocenters. The van der Waals surface area contributed by atoms with Crippen LogP contribution in [-0.4, -0.2) is 17.6 Å². The Morgan fingerprint density at radius 2 is 2.00 bits per heavy atom. The maximum Gasteiger partial charge on any atom is 0.240 e. The molecule has 1 aromatic carbocycles. The number of carbonyl (C=O) groups is 1. The zero-order valence-electron chi connectivity index (χ0n) is 7.03. The third kappa shape index (κ3) is 1.56. The van der Waals surface area contributed by atoms with Crippen LogP contribution in [-0.2, 0) is 4.79 Å². The smallest absolute Gasteiger partial charge is 0.240 e. The summed E-state index contributed by atoms with van der Waals surface area (Å²) in [6.07, 6.45) is 0.529. The van der Waals surface area contributed by atoms with Crippen LogP contribution < -0.4 is 10.4 Å². The number of nitrogens with one attached hydrogen (secondary N) is 1. The maximum absolute atomic E-state index is 10.9. The highest BCUT2D eigenvalue weighted by Gasteiger charge is 2.17. The van der Waals surface area contributed by atoms with Crippen molar-refractivity contribution in [2.45, 2.75) is 6.42 Å². The van der Waals surface area contributed by atoms with Crippen molar-refractivity contribution in [3.8, 4) is 5.75 Å². The van der Waals surface area contributed by atoms with Gasteiger partial charge in [0, 0.05) is 13.0 Å². The van der Waals surface area contributed by atoms with Crippen molar-refractivity contribution in [1.82, 2.24) is 5.43 Å². The summed E-state index contributed by atoms with van der Waals surface area (Å²) >= 11 is 0. The van der Waals surface area contributed by atoms with Gasteiger partial charge in [0.2, 0.25) is 5.91 Å². The van der Waals surface area contributed by atoms with Crippen LogP contribution in [0.2, 0.25) is 0 Å². The Bertz CT molecular complexity index is 321. The molecule has 2 rings (SSSR count). The molecule has 1 heterocycles. The van der Waals surface area contributed by atoms with E-state index >= 15 is 0 Å². The van der Waals surface area contributed by atoms with Crippen LogP contribution in [0, 0.1) is 0 Å². The number of hydrazine groups is 1. The van der Waals surface area contributed by atoms with Crippen molar-refractivity contribution >= 4 is 11.6 Å². The Labute approximate surface area is 75.8 Å². The Balaban J connectivity index is 2.17. The number of phenolic OH excluding ortho intramolecular Hbond substituents is 1. The van der Waals surface area contributed by atoms with E-state index in [-0.39, 0.29) is 11.7 Å². The summed E-state index contributed by atoms with van der Waals surface area (Å²) in [5.74, 6) is 0.266. The van der Waals surface area contributed by atoms with E-state index in [0.717, 1.165) is 5.69 Å². The molecule has 0 aliphatic carbocycles. The fraction of sp³-hybridized carbons (Fsp3) is 0.222. The number of carbonyl (C=O) groups excluding carboxylic acids is 1. The van der Waals surface area contributed by atoms with E-state index < -0.39 is 0 Å². The van der Waals surface area contributed by atoms with E-state index in [1.807, 2.05) is 0 Å².